The van der Waals surface area contributed by atoms with Crippen molar-refractivity contribution in [3.05, 3.63) is 29.3 Å². The maximum Gasteiger partial charge on any atom is 0.416 e. The molecule has 0 bridgehead atoms. The van der Waals surface area contributed by atoms with Crippen LogP contribution in [-0.4, -0.2) is 31.6 Å². The van der Waals surface area contributed by atoms with E-state index in [1.165, 1.54) is 6.07 Å². The van der Waals surface area contributed by atoms with Gasteiger partial charge in [0.2, 0.25) is 0 Å². The quantitative estimate of drug-likeness (QED) is 0.829. The van der Waals surface area contributed by atoms with Gasteiger partial charge in [0.05, 0.1) is 5.56 Å². The molecule has 0 saturated carbocycles. The highest BCUT2D eigenvalue weighted by Gasteiger charge is 2.33. The van der Waals surface area contributed by atoms with Gasteiger partial charge in [-0.1, -0.05) is 6.07 Å². The summed E-state index contributed by atoms with van der Waals surface area (Å²) in [5, 5.41) is 0. The number of nitrogens with two attached hydrogens (primary N) is 1. The molecule has 2 N–H and O–H groups in total. The number of anilines is 1. The molecule has 0 aliphatic rings. The summed E-state index contributed by atoms with van der Waals surface area (Å²) in [5.74, 6) is 0.989. The lowest BCUT2D eigenvalue weighted by molar-refractivity contribution is -0.138. The van der Waals surface area contributed by atoms with Crippen LogP contribution in [0.25, 0.3) is 0 Å². The molecule has 0 aliphatic heterocycles. The topological polar surface area (TPSA) is 29.3 Å². The number of nitrogens with zero attached hydrogens (tertiary/aromatic N) is 1. The Balaban J connectivity index is 3.04. The zero-order valence-electron chi connectivity index (χ0n) is 12.7. The third-order valence-corrected chi connectivity index (χ3v) is 4.26. The molecular weight excluding hydrogens is 297 g/mol. The SMILES string of the molecule is CSCCC(C)N(C)c1ccc(CCN)c(C(F)(F)F)c1. The van der Waals surface area contributed by atoms with Crippen LogP contribution in [-0.2, 0) is 12.6 Å². The van der Waals surface area contributed by atoms with E-state index in [2.05, 4.69) is 0 Å². The van der Waals surface area contributed by atoms with E-state index >= 15 is 0 Å². The van der Waals surface area contributed by atoms with E-state index in [1.807, 2.05) is 25.1 Å². The van der Waals surface area contributed by atoms with Crippen LogP contribution < -0.4 is 10.6 Å². The highest BCUT2D eigenvalue weighted by molar-refractivity contribution is 7.98. The van der Waals surface area contributed by atoms with Gasteiger partial charge in [0.15, 0.2) is 0 Å². The normalized spacial score (nSPS) is 13.3. The second kappa shape index (κ2) is 7.94. The van der Waals surface area contributed by atoms with Crippen molar-refractivity contribution in [2.45, 2.75) is 32.0 Å². The minimum Gasteiger partial charge on any atom is -0.372 e. The van der Waals surface area contributed by atoms with Gasteiger partial charge < -0.3 is 10.6 Å². The molecule has 0 radical (unpaired) electrons. The predicted molar refractivity (Wildman–Crippen MR) is 85.1 cm³/mol. The molecule has 0 fully saturated rings. The van der Waals surface area contributed by atoms with Crippen LogP contribution in [0, 0.1) is 0 Å². The average molecular weight is 320 g/mol. The molecule has 0 heterocycles. The molecule has 120 valence electrons. The molecule has 0 aliphatic carbocycles. The van der Waals surface area contributed by atoms with Crippen molar-refractivity contribution in [2.24, 2.45) is 5.73 Å². The molecule has 6 heteroatoms. The summed E-state index contributed by atoms with van der Waals surface area (Å²) in [5.41, 5.74) is 5.68. The zero-order chi connectivity index (χ0) is 16.0. The summed E-state index contributed by atoms with van der Waals surface area (Å²) in [7, 11) is 1.84. The predicted octanol–water partition coefficient (Wildman–Crippen LogP) is 3.78. The molecule has 1 aromatic carbocycles. The Labute approximate surface area is 128 Å². The second-order valence-electron chi connectivity index (χ2n) is 5.12. The lowest BCUT2D eigenvalue weighted by Gasteiger charge is -2.28. The number of benzene rings is 1. The van der Waals surface area contributed by atoms with Crippen LogP contribution in [0.3, 0.4) is 0 Å². The van der Waals surface area contributed by atoms with Crippen molar-refractivity contribution in [3.8, 4) is 0 Å². The fraction of sp³-hybridized carbons (Fsp3) is 0.600. The maximum absolute atomic E-state index is 13.2. The van der Waals surface area contributed by atoms with Crippen molar-refractivity contribution in [2.75, 3.05) is 30.5 Å². The van der Waals surface area contributed by atoms with Crippen LogP contribution in [0.2, 0.25) is 0 Å². The average Bonchev–Trinajstić information content (AvgIpc) is 2.43. The van der Waals surface area contributed by atoms with Crippen LogP contribution in [0.15, 0.2) is 18.2 Å². The summed E-state index contributed by atoms with van der Waals surface area (Å²) >= 11 is 1.74. The molecule has 0 aromatic heterocycles. The third kappa shape index (κ3) is 5.11. The van der Waals surface area contributed by atoms with E-state index in [0.717, 1.165) is 12.2 Å². The lowest BCUT2D eigenvalue weighted by Crippen LogP contribution is -2.29. The van der Waals surface area contributed by atoms with Crippen molar-refractivity contribution in [3.63, 3.8) is 0 Å². The van der Waals surface area contributed by atoms with Gasteiger partial charge in [0.1, 0.15) is 0 Å². The Morgan fingerprint density at radius 3 is 2.52 bits per heavy atom. The first-order valence-corrected chi connectivity index (χ1v) is 8.32. The Morgan fingerprint density at radius 1 is 1.33 bits per heavy atom. The minimum absolute atomic E-state index is 0.193. The fourth-order valence-corrected chi connectivity index (χ4v) is 2.73. The highest BCUT2D eigenvalue weighted by Crippen LogP contribution is 2.35. The van der Waals surface area contributed by atoms with E-state index in [0.29, 0.717) is 5.69 Å². The highest BCUT2D eigenvalue weighted by atomic mass is 32.2. The van der Waals surface area contributed by atoms with Crippen molar-refractivity contribution in [1.82, 2.24) is 0 Å². The van der Waals surface area contributed by atoms with Crippen LogP contribution in [0.4, 0.5) is 18.9 Å². The number of alkyl halides is 3. The molecule has 1 aromatic rings. The van der Waals surface area contributed by atoms with E-state index in [1.54, 1.807) is 23.9 Å². The summed E-state index contributed by atoms with van der Waals surface area (Å²) in [6.45, 7) is 2.24. The molecule has 2 nitrogen and oxygen atoms in total. The summed E-state index contributed by atoms with van der Waals surface area (Å²) in [6, 6.07) is 4.72. The first-order chi connectivity index (χ1) is 9.81. The van der Waals surface area contributed by atoms with E-state index < -0.39 is 11.7 Å². The van der Waals surface area contributed by atoms with E-state index in [4.69, 9.17) is 5.73 Å². The van der Waals surface area contributed by atoms with Gasteiger partial charge >= 0.3 is 6.18 Å². The molecule has 0 spiro atoms. The second-order valence-corrected chi connectivity index (χ2v) is 6.10. The van der Waals surface area contributed by atoms with Gasteiger partial charge in [-0.25, -0.2) is 0 Å². The molecule has 1 unspecified atom stereocenters. The van der Waals surface area contributed by atoms with Gasteiger partial charge in [0.25, 0.3) is 0 Å². The van der Waals surface area contributed by atoms with Crippen molar-refractivity contribution in [1.29, 1.82) is 0 Å². The fourth-order valence-electron chi connectivity index (χ4n) is 2.16. The van der Waals surface area contributed by atoms with Crippen LogP contribution in [0.5, 0.6) is 0 Å². The van der Waals surface area contributed by atoms with Gasteiger partial charge in [-0.2, -0.15) is 24.9 Å². The summed E-state index contributed by atoms with van der Waals surface area (Å²) in [6.07, 6.45) is -1.15. The third-order valence-electron chi connectivity index (χ3n) is 3.62. The largest absolute Gasteiger partial charge is 0.416 e. The van der Waals surface area contributed by atoms with Gasteiger partial charge in [-0.3, -0.25) is 0 Å². The van der Waals surface area contributed by atoms with E-state index in [-0.39, 0.29) is 24.6 Å². The van der Waals surface area contributed by atoms with Crippen molar-refractivity contribution >= 4 is 17.4 Å². The van der Waals surface area contributed by atoms with Gasteiger partial charge in [-0.15, -0.1) is 0 Å². The lowest BCUT2D eigenvalue weighted by atomic mass is 10.0. The van der Waals surface area contributed by atoms with Gasteiger partial charge in [0, 0.05) is 18.8 Å². The number of rotatable bonds is 7. The first-order valence-electron chi connectivity index (χ1n) is 6.93. The molecule has 1 atom stereocenters. The molecule has 0 saturated heterocycles. The first kappa shape index (κ1) is 18.2. The van der Waals surface area contributed by atoms with Crippen LogP contribution >= 0.6 is 11.8 Å². The summed E-state index contributed by atoms with van der Waals surface area (Å²) in [4.78, 5) is 1.90. The Morgan fingerprint density at radius 2 is 2.00 bits per heavy atom. The number of hydrogen-bond acceptors (Lipinski definition) is 3. The number of thioether (sulfide) groups is 1. The minimum atomic E-state index is -4.34. The zero-order valence-corrected chi connectivity index (χ0v) is 13.5. The Hall–Kier alpha value is -0.880. The van der Waals surface area contributed by atoms with Gasteiger partial charge in [-0.05, 0) is 56.0 Å². The number of halogens is 3. The van der Waals surface area contributed by atoms with Crippen LogP contribution in [0.1, 0.15) is 24.5 Å². The molecule has 0 amide bonds. The Bertz CT molecular complexity index is 449. The smallest absolute Gasteiger partial charge is 0.372 e. The number of hydrogen-bond donors (Lipinski definition) is 1. The monoisotopic (exact) mass is 320 g/mol. The molecule has 1 rings (SSSR count). The molecular formula is C15H23F3N2S. The standard InChI is InChI=1S/C15H23F3N2S/c1-11(7-9-21-3)20(2)13-5-4-12(6-8-19)14(10-13)15(16,17)18/h4-5,10-11H,6-9,19H2,1-3H3. The maximum atomic E-state index is 13.2. The van der Waals surface area contributed by atoms with E-state index in [9.17, 15) is 13.2 Å². The molecule has 21 heavy (non-hydrogen) atoms. The Kier molecular flexibility index (Phi) is 6.87. The summed E-state index contributed by atoms with van der Waals surface area (Å²) < 4.78 is 39.5. The van der Waals surface area contributed by atoms with Crippen molar-refractivity contribution < 1.29 is 13.2 Å².